The van der Waals surface area contributed by atoms with Gasteiger partial charge in [-0.3, -0.25) is 14.4 Å². The Labute approximate surface area is 431 Å². The average Bonchev–Trinajstić information content (AvgIpc) is 3.35. The lowest BCUT2D eigenvalue weighted by Crippen LogP contribution is -2.30. The summed E-state index contributed by atoms with van der Waals surface area (Å²) in [5.74, 6) is -0.846. The monoisotopic (exact) mass is 973 g/mol. The second-order valence-electron chi connectivity index (χ2n) is 21.3. The summed E-state index contributed by atoms with van der Waals surface area (Å²) in [4.78, 5) is 38.2. The van der Waals surface area contributed by atoms with Crippen molar-refractivity contribution < 1.29 is 28.6 Å². The third kappa shape index (κ3) is 56.9. The molecular weight excluding hydrogens is 853 g/mol. The summed E-state index contributed by atoms with van der Waals surface area (Å²) in [6.45, 7) is 6.70. The molecule has 0 radical (unpaired) electrons. The zero-order valence-electron chi connectivity index (χ0n) is 46.9. The van der Waals surface area contributed by atoms with Crippen LogP contribution in [-0.4, -0.2) is 37.2 Å². The van der Waals surface area contributed by atoms with E-state index >= 15 is 0 Å². The maximum absolute atomic E-state index is 12.9. The molecule has 0 N–H and O–H groups in total. The van der Waals surface area contributed by atoms with Crippen LogP contribution in [0.4, 0.5) is 0 Å². The van der Waals surface area contributed by atoms with Gasteiger partial charge in [-0.05, 0) is 44.9 Å². The van der Waals surface area contributed by atoms with Gasteiger partial charge in [0, 0.05) is 19.3 Å². The Bertz CT molecular complexity index is 1070. The number of esters is 3. The zero-order chi connectivity index (χ0) is 50.0. The molecule has 0 saturated carbocycles. The summed E-state index contributed by atoms with van der Waals surface area (Å²) < 4.78 is 16.9. The fourth-order valence-electron chi connectivity index (χ4n) is 9.56. The molecule has 0 saturated heterocycles. The molecule has 0 rings (SSSR count). The van der Waals surface area contributed by atoms with E-state index in [0.717, 1.165) is 64.2 Å². The summed E-state index contributed by atoms with van der Waals surface area (Å²) in [5.41, 5.74) is 0. The van der Waals surface area contributed by atoms with Crippen LogP contribution < -0.4 is 0 Å². The largest absolute Gasteiger partial charge is 0.462 e. The van der Waals surface area contributed by atoms with Crippen LogP contribution in [0.2, 0.25) is 0 Å². The number of rotatable bonds is 58. The fraction of sp³-hybridized carbons (Fsp3) is 0.921. The van der Waals surface area contributed by atoms with Crippen LogP contribution in [0.1, 0.15) is 355 Å². The Morgan fingerprint density at radius 1 is 0.275 bits per heavy atom. The van der Waals surface area contributed by atoms with E-state index < -0.39 is 6.10 Å². The molecule has 0 amide bonds. The Kier molecular flexibility index (Phi) is 57.1. The Hall–Kier alpha value is -1.85. The number of unbranched alkanes of at least 4 members (excludes halogenated alkanes) is 45. The Balaban J connectivity index is 4.29. The van der Waals surface area contributed by atoms with Crippen molar-refractivity contribution in [1.29, 1.82) is 0 Å². The standard InChI is InChI=1S/C63H120O6/c1-4-7-10-13-16-19-22-25-28-30-31-32-33-36-38-41-44-47-50-53-56-62(65)68-59-60(58-67-61(64)55-52-49-46-43-40-37-34-27-24-21-18-15-12-9-6-3)69-63(66)57-54-51-48-45-42-39-35-29-26-23-20-17-14-11-8-5-2/h29,35,60H,4-28,30-34,36-59H2,1-3H3/b35-29-. The summed E-state index contributed by atoms with van der Waals surface area (Å²) in [7, 11) is 0. The molecule has 0 aliphatic rings. The van der Waals surface area contributed by atoms with Gasteiger partial charge in [0.1, 0.15) is 13.2 Å². The molecule has 1 atom stereocenters. The van der Waals surface area contributed by atoms with Crippen molar-refractivity contribution in [1.82, 2.24) is 0 Å². The van der Waals surface area contributed by atoms with Crippen molar-refractivity contribution in [2.45, 2.75) is 361 Å². The molecule has 0 fully saturated rings. The molecule has 69 heavy (non-hydrogen) atoms. The normalized spacial score (nSPS) is 12.0. The topological polar surface area (TPSA) is 78.9 Å². The lowest BCUT2D eigenvalue weighted by Gasteiger charge is -2.18. The highest BCUT2D eigenvalue weighted by Gasteiger charge is 2.19. The number of carbonyl (C=O) groups is 3. The minimum Gasteiger partial charge on any atom is -0.462 e. The van der Waals surface area contributed by atoms with Gasteiger partial charge in [0.15, 0.2) is 6.10 Å². The number of allylic oxidation sites excluding steroid dienone is 2. The first kappa shape index (κ1) is 67.1. The van der Waals surface area contributed by atoms with E-state index in [2.05, 4.69) is 32.9 Å². The third-order valence-electron chi connectivity index (χ3n) is 14.3. The van der Waals surface area contributed by atoms with Gasteiger partial charge in [-0.1, -0.05) is 303 Å². The first-order valence-electron chi connectivity index (χ1n) is 31.2. The molecule has 0 aliphatic heterocycles. The van der Waals surface area contributed by atoms with Gasteiger partial charge in [-0.15, -0.1) is 0 Å². The molecule has 0 aliphatic carbocycles. The van der Waals surface area contributed by atoms with Crippen molar-refractivity contribution in [3.8, 4) is 0 Å². The van der Waals surface area contributed by atoms with Crippen LogP contribution in [-0.2, 0) is 28.6 Å². The van der Waals surface area contributed by atoms with Crippen LogP contribution in [0.25, 0.3) is 0 Å². The van der Waals surface area contributed by atoms with Crippen molar-refractivity contribution in [2.24, 2.45) is 0 Å². The SMILES string of the molecule is CCCCCCCCC/C=C\CCCCCCCC(=O)OC(COC(=O)CCCCCCCCCCCCCCCCC)COC(=O)CCCCCCCCCCCCCCCCCCCCCC. The number of hydrogen-bond donors (Lipinski definition) is 0. The Morgan fingerprint density at radius 3 is 0.725 bits per heavy atom. The predicted molar refractivity (Wildman–Crippen MR) is 298 cm³/mol. The number of carbonyl (C=O) groups excluding carboxylic acids is 3. The van der Waals surface area contributed by atoms with Crippen LogP contribution in [0.5, 0.6) is 0 Å². The van der Waals surface area contributed by atoms with Gasteiger partial charge in [-0.2, -0.15) is 0 Å². The van der Waals surface area contributed by atoms with Crippen molar-refractivity contribution >= 4 is 17.9 Å². The molecule has 0 aromatic rings. The quantitative estimate of drug-likeness (QED) is 0.0261. The minimum atomic E-state index is -0.769. The van der Waals surface area contributed by atoms with Gasteiger partial charge in [0.2, 0.25) is 0 Å². The molecule has 0 heterocycles. The molecule has 0 bridgehead atoms. The van der Waals surface area contributed by atoms with Gasteiger partial charge < -0.3 is 14.2 Å². The average molecular weight is 974 g/mol. The highest BCUT2D eigenvalue weighted by molar-refractivity contribution is 5.71. The van der Waals surface area contributed by atoms with E-state index in [0.29, 0.717) is 19.3 Å². The highest BCUT2D eigenvalue weighted by Crippen LogP contribution is 2.18. The first-order valence-corrected chi connectivity index (χ1v) is 31.2. The highest BCUT2D eigenvalue weighted by atomic mass is 16.6. The van der Waals surface area contributed by atoms with E-state index in [1.54, 1.807) is 0 Å². The lowest BCUT2D eigenvalue weighted by molar-refractivity contribution is -0.167. The van der Waals surface area contributed by atoms with Gasteiger partial charge >= 0.3 is 17.9 Å². The lowest BCUT2D eigenvalue weighted by atomic mass is 10.0. The zero-order valence-corrected chi connectivity index (χ0v) is 46.9. The van der Waals surface area contributed by atoms with E-state index in [1.165, 1.54) is 250 Å². The minimum absolute atomic E-state index is 0.0670. The van der Waals surface area contributed by atoms with E-state index in [-0.39, 0.29) is 31.1 Å². The molecule has 0 spiro atoms. The molecule has 408 valence electrons. The van der Waals surface area contributed by atoms with E-state index in [1.807, 2.05) is 0 Å². The van der Waals surface area contributed by atoms with Gasteiger partial charge in [0.05, 0.1) is 0 Å². The number of ether oxygens (including phenoxy) is 3. The molecule has 1 unspecified atom stereocenters. The molecular formula is C63H120O6. The molecule has 0 aromatic heterocycles. The van der Waals surface area contributed by atoms with Crippen LogP contribution in [0.15, 0.2) is 12.2 Å². The van der Waals surface area contributed by atoms with Crippen LogP contribution >= 0.6 is 0 Å². The Morgan fingerprint density at radius 2 is 0.478 bits per heavy atom. The number of hydrogen-bond acceptors (Lipinski definition) is 6. The summed E-state index contributed by atoms with van der Waals surface area (Å²) in [6, 6.07) is 0. The third-order valence-corrected chi connectivity index (χ3v) is 14.3. The second-order valence-corrected chi connectivity index (χ2v) is 21.3. The van der Waals surface area contributed by atoms with Crippen molar-refractivity contribution in [3.63, 3.8) is 0 Å². The van der Waals surface area contributed by atoms with Gasteiger partial charge in [-0.25, -0.2) is 0 Å². The van der Waals surface area contributed by atoms with Crippen molar-refractivity contribution in [3.05, 3.63) is 12.2 Å². The summed E-state index contributed by atoms with van der Waals surface area (Å²) in [6.07, 6.45) is 67.8. The molecule has 0 aromatic carbocycles. The second kappa shape index (κ2) is 58.7. The van der Waals surface area contributed by atoms with Crippen LogP contribution in [0, 0.1) is 0 Å². The maximum atomic E-state index is 12.9. The first-order chi connectivity index (χ1) is 34.0. The smallest absolute Gasteiger partial charge is 0.306 e. The van der Waals surface area contributed by atoms with Gasteiger partial charge in [0.25, 0.3) is 0 Å². The predicted octanol–water partition coefficient (Wildman–Crippen LogP) is 20.9. The van der Waals surface area contributed by atoms with Crippen LogP contribution in [0.3, 0.4) is 0 Å². The van der Waals surface area contributed by atoms with Crippen molar-refractivity contribution in [2.75, 3.05) is 13.2 Å². The van der Waals surface area contributed by atoms with E-state index in [9.17, 15) is 14.4 Å². The summed E-state index contributed by atoms with van der Waals surface area (Å²) in [5, 5.41) is 0. The van der Waals surface area contributed by atoms with E-state index in [4.69, 9.17) is 14.2 Å². The molecule has 6 heteroatoms. The maximum Gasteiger partial charge on any atom is 0.306 e. The summed E-state index contributed by atoms with van der Waals surface area (Å²) >= 11 is 0. The fourth-order valence-corrected chi connectivity index (χ4v) is 9.56. The molecule has 6 nitrogen and oxygen atoms in total.